The van der Waals surface area contributed by atoms with Gasteiger partial charge < -0.3 is 22.2 Å². The first-order valence-corrected chi connectivity index (χ1v) is 16.7. The van der Waals surface area contributed by atoms with Crippen LogP contribution in [0.3, 0.4) is 0 Å². The molecule has 3 aromatic carbocycles. The minimum atomic E-state index is -0.589. The van der Waals surface area contributed by atoms with E-state index in [1.165, 1.54) is 31.9 Å². The third-order valence-corrected chi connectivity index (χ3v) is 7.14. The zero-order valence-corrected chi connectivity index (χ0v) is 23.7. The molecule has 2 nitrogen and oxygen atoms in total. The molecule has 3 aromatic rings. The molecule has 0 bridgehead atoms. The average molecular weight is 679 g/mol. The number of benzene rings is 3. The number of nitrogens with one attached hydrogen (secondary N) is 1. The van der Waals surface area contributed by atoms with Gasteiger partial charge in [-0.05, 0) is 43.5 Å². The summed E-state index contributed by atoms with van der Waals surface area (Å²) < 4.78 is 0. The van der Waals surface area contributed by atoms with E-state index in [2.05, 4.69) is 112 Å². The summed E-state index contributed by atoms with van der Waals surface area (Å²) in [6, 6.07) is 28.9. The molecule has 172 valence electrons. The van der Waals surface area contributed by atoms with Crippen molar-refractivity contribution in [3.05, 3.63) is 90.0 Å². The third kappa shape index (κ3) is 9.15. The van der Waals surface area contributed by atoms with Crippen molar-refractivity contribution in [1.29, 1.82) is 0 Å². The first-order valence-electron chi connectivity index (χ1n) is 9.75. The number of halogens is 3. The second kappa shape index (κ2) is 15.4. The Morgan fingerprint density at radius 3 is 1.65 bits per heavy atom. The van der Waals surface area contributed by atoms with Gasteiger partial charge in [0.25, 0.3) is 0 Å². The van der Waals surface area contributed by atoms with Crippen molar-refractivity contribution in [3.63, 3.8) is 0 Å². The number of nitrogens with zero attached hydrogens (tertiary/aromatic N) is 1. The topological polar surface area (TPSA) is 7.68 Å². The predicted molar refractivity (Wildman–Crippen MR) is 131 cm³/mol. The fourth-order valence-corrected chi connectivity index (χ4v) is 6.11. The van der Waals surface area contributed by atoms with Crippen LogP contribution in [0.2, 0.25) is 0 Å². The van der Waals surface area contributed by atoms with Gasteiger partial charge in [0.05, 0.1) is 14.1 Å². The van der Waals surface area contributed by atoms with E-state index in [0.29, 0.717) is 0 Å². The van der Waals surface area contributed by atoms with Gasteiger partial charge in [-0.15, -0.1) is 0 Å². The van der Waals surface area contributed by atoms with Gasteiger partial charge in [0.1, 0.15) is 6.54 Å². The standard InChI is InChI=1S/C24H29N2P.3ClH.Pt/c1-25(2)18-20-12-11-13-21(19-26(3)4)24(20)27(22-14-7-5-8-15-22)23-16-9-6-10-17-23;;;;/h5-17H,18-19H2,1-4H3;3*1H;/q;;;;+2/p-2. The molecule has 0 amide bonds. The van der Waals surface area contributed by atoms with Crippen molar-refractivity contribution in [2.45, 2.75) is 13.1 Å². The maximum atomic E-state index is 4.88. The zero-order valence-electron chi connectivity index (χ0n) is 18.3. The van der Waals surface area contributed by atoms with Gasteiger partial charge in [-0.2, -0.15) is 0 Å². The molecule has 0 unspecified atom stereocenters. The van der Waals surface area contributed by atoms with Crippen molar-refractivity contribution in [1.82, 2.24) is 4.90 Å². The Morgan fingerprint density at radius 2 is 1.23 bits per heavy atom. The fourth-order valence-electron chi connectivity index (χ4n) is 3.48. The van der Waals surface area contributed by atoms with Crippen LogP contribution < -0.4 is 33.2 Å². The molecule has 0 atom stereocenters. The number of hydrogen-bond acceptors (Lipinski definition) is 1. The molecular weight excluding hydrogens is 649 g/mol. The molecular formula is C24H30Cl3N2PPt. The molecule has 0 aliphatic heterocycles. The van der Waals surface area contributed by atoms with Gasteiger partial charge in [-0.3, -0.25) is 0 Å². The van der Waals surface area contributed by atoms with Crippen molar-refractivity contribution < 1.29 is 33.8 Å². The molecule has 0 aliphatic carbocycles. The summed E-state index contributed by atoms with van der Waals surface area (Å²) >= 11 is -0.472. The molecule has 0 fully saturated rings. The monoisotopic (exact) mass is 677 g/mol. The van der Waals surface area contributed by atoms with Gasteiger partial charge in [0.2, 0.25) is 0 Å². The van der Waals surface area contributed by atoms with Gasteiger partial charge >= 0.3 is 35.3 Å². The number of hydrogen-bond donors (Lipinski definition) is 1. The SMILES string of the molecule is CN(C)Cc1cccc(C[NH+](C)C)c1P(c1ccccc1)c1ccccc1.[Cl-].[Cl][Pt][Cl]. The Morgan fingerprint density at radius 1 is 0.774 bits per heavy atom. The average Bonchev–Trinajstić information content (AvgIpc) is 2.71. The van der Waals surface area contributed by atoms with Gasteiger partial charge in [0.15, 0.2) is 0 Å². The van der Waals surface area contributed by atoms with Crippen LogP contribution in [-0.4, -0.2) is 33.1 Å². The van der Waals surface area contributed by atoms with E-state index in [0.717, 1.165) is 13.1 Å². The minimum absolute atomic E-state index is 0. The molecule has 31 heavy (non-hydrogen) atoms. The summed E-state index contributed by atoms with van der Waals surface area (Å²) in [4.78, 5) is 3.73. The second-order valence-corrected chi connectivity index (χ2v) is 13.0. The molecule has 0 saturated heterocycles. The molecule has 0 aromatic heterocycles. The van der Waals surface area contributed by atoms with Crippen LogP contribution in [0.5, 0.6) is 0 Å². The summed E-state index contributed by atoms with van der Waals surface area (Å²) in [7, 11) is 17.9. The van der Waals surface area contributed by atoms with E-state index in [1.807, 2.05) is 0 Å². The molecule has 0 heterocycles. The van der Waals surface area contributed by atoms with Crippen LogP contribution in [0.1, 0.15) is 11.1 Å². The second-order valence-electron chi connectivity index (χ2n) is 7.60. The molecule has 0 aliphatic rings. The van der Waals surface area contributed by atoms with E-state index in [4.69, 9.17) is 18.8 Å². The molecule has 0 saturated carbocycles. The van der Waals surface area contributed by atoms with E-state index >= 15 is 0 Å². The molecule has 0 spiro atoms. The summed E-state index contributed by atoms with van der Waals surface area (Å²) in [6.07, 6.45) is 0. The summed E-state index contributed by atoms with van der Waals surface area (Å²) in [5.74, 6) is 0. The number of quaternary nitrogens is 1. The van der Waals surface area contributed by atoms with E-state index in [1.54, 1.807) is 0 Å². The normalized spacial score (nSPS) is 10.7. The van der Waals surface area contributed by atoms with E-state index < -0.39 is 24.4 Å². The quantitative estimate of drug-likeness (QED) is 0.359. The van der Waals surface area contributed by atoms with Crippen LogP contribution in [0.25, 0.3) is 0 Å². The summed E-state index contributed by atoms with van der Waals surface area (Å²) in [6.45, 7) is 2.00. The molecule has 1 N–H and O–H groups in total. The van der Waals surface area contributed by atoms with Gasteiger partial charge in [-0.25, -0.2) is 0 Å². The van der Waals surface area contributed by atoms with Crippen molar-refractivity contribution in [2.75, 3.05) is 28.2 Å². The Labute approximate surface area is 211 Å². The molecule has 3 rings (SSSR count). The zero-order chi connectivity index (χ0) is 21.9. The van der Waals surface area contributed by atoms with Crippen molar-refractivity contribution in [2.24, 2.45) is 0 Å². The molecule has 0 radical (unpaired) electrons. The van der Waals surface area contributed by atoms with E-state index in [9.17, 15) is 0 Å². The number of rotatable bonds is 7. The Hall–Kier alpha value is -0.432. The summed E-state index contributed by atoms with van der Waals surface area (Å²) in [5.41, 5.74) is 2.91. The van der Waals surface area contributed by atoms with Crippen molar-refractivity contribution >= 4 is 42.7 Å². The summed E-state index contributed by atoms with van der Waals surface area (Å²) in [5, 5.41) is 4.36. The third-order valence-electron chi connectivity index (χ3n) is 4.49. The Balaban J connectivity index is 0.00000113. The maximum absolute atomic E-state index is 4.88. The van der Waals surface area contributed by atoms with Crippen LogP contribution in [0.4, 0.5) is 0 Å². The van der Waals surface area contributed by atoms with Crippen molar-refractivity contribution in [3.8, 4) is 0 Å². The molecule has 7 heteroatoms. The first kappa shape index (κ1) is 28.6. The fraction of sp³-hybridized carbons (Fsp3) is 0.250. The van der Waals surface area contributed by atoms with Crippen LogP contribution in [0, 0.1) is 0 Å². The van der Waals surface area contributed by atoms with Gasteiger partial charge in [0, 0.05) is 12.1 Å². The van der Waals surface area contributed by atoms with Crippen LogP contribution in [0.15, 0.2) is 78.9 Å². The Kier molecular flexibility index (Phi) is 14.2. The first-order chi connectivity index (χ1) is 14.5. The predicted octanol–water partition coefficient (Wildman–Crippen LogP) is 0.531. The van der Waals surface area contributed by atoms with Gasteiger partial charge in [-0.1, -0.05) is 78.9 Å². The Bertz CT molecular complexity index is 813. The van der Waals surface area contributed by atoms with Crippen LogP contribution >= 0.6 is 26.8 Å². The van der Waals surface area contributed by atoms with E-state index in [-0.39, 0.29) is 12.4 Å². The van der Waals surface area contributed by atoms with Crippen LogP contribution in [-0.2, 0) is 29.6 Å².